The Morgan fingerprint density at radius 2 is 1.30 bits per heavy atom. The third kappa shape index (κ3) is 21.3. The van der Waals surface area contributed by atoms with Crippen molar-refractivity contribution >= 4 is 12.3 Å². The molecule has 0 saturated heterocycles. The van der Waals surface area contributed by atoms with E-state index >= 15 is 0 Å². The highest BCUT2D eigenvalue weighted by Crippen LogP contribution is 2.21. The second-order valence-electron chi connectivity index (χ2n) is 7.54. The molecule has 0 heterocycles. The van der Waals surface area contributed by atoms with Gasteiger partial charge in [0.1, 0.15) is 11.7 Å². The molecule has 0 N–H and O–H groups in total. The molecular formula is C24H50O6. The Balaban J connectivity index is -0.000000435. The Hall–Kier alpha value is -1.46. The first-order chi connectivity index (χ1) is 13.8. The van der Waals surface area contributed by atoms with Crippen molar-refractivity contribution in [1.82, 2.24) is 0 Å². The minimum absolute atomic E-state index is 0. The van der Waals surface area contributed by atoms with E-state index in [9.17, 15) is 9.59 Å². The maximum absolute atomic E-state index is 11.2. The molecule has 0 aliphatic heterocycles. The van der Waals surface area contributed by atoms with E-state index in [4.69, 9.17) is 18.9 Å². The lowest BCUT2D eigenvalue weighted by Gasteiger charge is -2.23. The van der Waals surface area contributed by atoms with Crippen molar-refractivity contribution in [3.63, 3.8) is 0 Å². The van der Waals surface area contributed by atoms with Crippen LogP contribution in [0.15, 0.2) is 0 Å². The van der Waals surface area contributed by atoms with Crippen molar-refractivity contribution in [2.24, 2.45) is 0 Å². The van der Waals surface area contributed by atoms with Crippen LogP contribution in [0.3, 0.4) is 0 Å². The lowest BCUT2D eigenvalue weighted by molar-refractivity contribution is -0.0209. The first kappa shape index (κ1) is 33.2. The summed E-state index contributed by atoms with van der Waals surface area (Å²) in [5.41, 5.74) is -0.405. The number of carbonyl (C=O) groups is 2. The van der Waals surface area contributed by atoms with Crippen molar-refractivity contribution in [3.8, 4) is 0 Å². The maximum Gasteiger partial charge on any atom is 0.508 e. The highest BCUT2D eigenvalue weighted by molar-refractivity contribution is 5.60. The zero-order chi connectivity index (χ0) is 22.5. The van der Waals surface area contributed by atoms with Gasteiger partial charge in [0.05, 0.1) is 13.2 Å². The summed E-state index contributed by atoms with van der Waals surface area (Å²) in [6, 6.07) is 0. The molecule has 1 aliphatic carbocycles. The maximum atomic E-state index is 11.2. The van der Waals surface area contributed by atoms with E-state index < -0.39 is 17.9 Å². The summed E-state index contributed by atoms with van der Waals surface area (Å²) in [7, 11) is 0. The zero-order valence-electron chi connectivity index (χ0n) is 20.0. The van der Waals surface area contributed by atoms with E-state index in [1.807, 2.05) is 27.7 Å². The number of hydrogen-bond acceptors (Lipinski definition) is 6. The summed E-state index contributed by atoms with van der Waals surface area (Å²) in [6.07, 6.45) is 9.16. The van der Waals surface area contributed by atoms with Crippen LogP contribution in [-0.4, -0.2) is 37.2 Å². The fourth-order valence-corrected chi connectivity index (χ4v) is 2.68. The molecule has 6 nitrogen and oxygen atoms in total. The smallest absolute Gasteiger partial charge is 0.434 e. The number of carbonyl (C=O) groups excluding carboxylic acids is 2. The summed E-state index contributed by atoms with van der Waals surface area (Å²) in [5, 5.41) is 0. The van der Waals surface area contributed by atoms with E-state index in [1.54, 1.807) is 0 Å². The fourth-order valence-electron chi connectivity index (χ4n) is 2.68. The van der Waals surface area contributed by atoms with Gasteiger partial charge in [-0.25, -0.2) is 9.59 Å². The standard InChI is InChI=1S/C11H22O3.C10H18O3.C2H6.CH4/c1-5-7-9-13-10(12)14-11(3,4)8-6-2;1-2-3-8-12-10(11)13-9-6-4-5-7-9;1-2;/h5-9H2,1-4H3;9H,2-8H2,1H3;1-2H3;1H4. The van der Waals surface area contributed by atoms with Gasteiger partial charge in [-0.1, -0.05) is 61.3 Å². The molecule has 1 fully saturated rings. The van der Waals surface area contributed by atoms with Gasteiger partial charge in [0.2, 0.25) is 0 Å². The minimum atomic E-state index is -0.545. The average molecular weight is 435 g/mol. The van der Waals surface area contributed by atoms with Crippen molar-refractivity contribution in [3.05, 3.63) is 0 Å². The van der Waals surface area contributed by atoms with E-state index in [1.165, 1.54) is 12.8 Å². The Morgan fingerprint density at radius 1 is 0.833 bits per heavy atom. The van der Waals surface area contributed by atoms with Crippen LogP contribution in [0.25, 0.3) is 0 Å². The molecule has 1 rings (SSSR count). The molecule has 0 amide bonds. The quantitative estimate of drug-likeness (QED) is 0.256. The molecule has 1 saturated carbocycles. The van der Waals surface area contributed by atoms with Gasteiger partial charge in [0, 0.05) is 0 Å². The first-order valence-corrected chi connectivity index (χ1v) is 11.5. The third-order valence-electron chi connectivity index (χ3n) is 4.21. The Bertz CT molecular complexity index is 389. The van der Waals surface area contributed by atoms with Crippen molar-refractivity contribution < 1.29 is 28.5 Å². The minimum Gasteiger partial charge on any atom is -0.434 e. The molecule has 0 aromatic carbocycles. The molecule has 30 heavy (non-hydrogen) atoms. The van der Waals surface area contributed by atoms with Crippen LogP contribution in [0.2, 0.25) is 0 Å². The van der Waals surface area contributed by atoms with Crippen LogP contribution in [0.4, 0.5) is 9.59 Å². The average Bonchev–Trinajstić information content (AvgIpc) is 3.17. The Kier molecular flexibility index (Phi) is 24.6. The molecule has 0 unspecified atom stereocenters. The molecule has 0 radical (unpaired) electrons. The molecule has 0 atom stereocenters. The molecule has 1 aliphatic rings. The summed E-state index contributed by atoms with van der Waals surface area (Å²) in [4.78, 5) is 22.2. The second-order valence-corrected chi connectivity index (χ2v) is 7.54. The molecule has 0 spiro atoms. The highest BCUT2D eigenvalue weighted by atomic mass is 16.7. The summed E-state index contributed by atoms with van der Waals surface area (Å²) in [5.74, 6) is 0. The lowest BCUT2D eigenvalue weighted by Crippen LogP contribution is -2.28. The molecule has 0 bridgehead atoms. The number of ether oxygens (including phenoxy) is 4. The van der Waals surface area contributed by atoms with Crippen LogP contribution < -0.4 is 0 Å². The van der Waals surface area contributed by atoms with E-state index in [0.717, 1.165) is 51.4 Å². The van der Waals surface area contributed by atoms with Crippen LogP contribution in [0.5, 0.6) is 0 Å². The monoisotopic (exact) mass is 434 g/mol. The lowest BCUT2D eigenvalue weighted by atomic mass is 10.0. The van der Waals surface area contributed by atoms with E-state index in [0.29, 0.717) is 13.2 Å². The van der Waals surface area contributed by atoms with E-state index in [-0.39, 0.29) is 13.5 Å². The van der Waals surface area contributed by atoms with Crippen molar-refractivity contribution in [1.29, 1.82) is 0 Å². The summed E-state index contributed by atoms with van der Waals surface area (Å²) < 4.78 is 20.0. The number of rotatable bonds is 10. The van der Waals surface area contributed by atoms with Crippen LogP contribution in [-0.2, 0) is 18.9 Å². The van der Waals surface area contributed by atoms with Crippen LogP contribution in [0.1, 0.15) is 120 Å². The molecule has 0 aromatic rings. The van der Waals surface area contributed by atoms with E-state index in [2.05, 4.69) is 20.8 Å². The largest absolute Gasteiger partial charge is 0.508 e. The molecule has 6 heteroatoms. The van der Waals surface area contributed by atoms with Gasteiger partial charge in [0.25, 0.3) is 0 Å². The topological polar surface area (TPSA) is 71.1 Å². The molecular weight excluding hydrogens is 384 g/mol. The van der Waals surface area contributed by atoms with Gasteiger partial charge in [-0.2, -0.15) is 0 Å². The number of unbranched alkanes of at least 4 members (excludes halogenated alkanes) is 2. The normalized spacial score (nSPS) is 12.9. The van der Waals surface area contributed by atoms with Gasteiger partial charge in [-0.15, -0.1) is 0 Å². The Labute approximate surface area is 186 Å². The fraction of sp³-hybridized carbons (Fsp3) is 0.917. The predicted molar refractivity (Wildman–Crippen MR) is 124 cm³/mol. The highest BCUT2D eigenvalue weighted by Gasteiger charge is 2.22. The van der Waals surface area contributed by atoms with Crippen molar-refractivity contribution in [2.75, 3.05) is 13.2 Å². The third-order valence-corrected chi connectivity index (χ3v) is 4.21. The SMILES string of the molecule is C.CC.CCCCOC(=O)OC(C)(C)CCC.CCCCOC(=O)OC1CCCC1. The Morgan fingerprint density at radius 3 is 1.73 bits per heavy atom. The van der Waals surface area contributed by atoms with Gasteiger partial charge < -0.3 is 18.9 Å². The van der Waals surface area contributed by atoms with Gasteiger partial charge in [0.15, 0.2) is 0 Å². The van der Waals surface area contributed by atoms with Gasteiger partial charge in [-0.3, -0.25) is 0 Å². The summed E-state index contributed by atoms with van der Waals surface area (Å²) in [6.45, 7) is 14.9. The first-order valence-electron chi connectivity index (χ1n) is 11.5. The molecule has 0 aromatic heterocycles. The molecule has 182 valence electrons. The van der Waals surface area contributed by atoms with Crippen LogP contribution >= 0.6 is 0 Å². The van der Waals surface area contributed by atoms with Crippen LogP contribution in [0, 0.1) is 0 Å². The van der Waals surface area contributed by atoms with Gasteiger partial charge in [-0.05, 0) is 58.8 Å². The number of hydrogen-bond donors (Lipinski definition) is 0. The summed E-state index contributed by atoms with van der Waals surface area (Å²) >= 11 is 0. The second kappa shape index (κ2) is 22.2. The zero-order valence-corrected chi connectivity index (χ0v) is 20.0. The van der Waals surface area contributed by atoms with Crippen molar-refractivity contribution in [2.45, 2.75) is 132 Å². The predicted octanol–water partition coefficient (Wildman–Crippen LogP) is 8.06. The van der Waals surface area contributed by atoms with Gasteiger partial charge >= 0.3 is 12.3 Å².